The summed E-state index contributed by atoms with van der Waals surface area (Å²) < 4.78 is 18.6. The number of ether oxygens (including phenoxy) is 1. The van der Waals surface area contributed by atoms with Gasteiger partial charge in [0.25, 0.3) is 0 Å². The third kappa shape index (κ3) is 2.82. The fourth-order valence-corrected chi connectivity index (χ4v) is 2.13. The normalized spacial score (nSPS) is 17.6. The lowest BCUT2D eigenvalue weighted by molar-refractivity contribution is -0.134. The molecule has 1 saturated heterocycles. The summed E-state index contributed by atoms with van der Waals surface area (Å²) in [7, 11) is 0. The zero-order valence-electron chi connectivity index (χ0n) is 10.2. The number of hydrogen-bond acceptors (Lipinski definition) is 2. The van der Waals surface area contributed by atoms with E-state index in [1.165, 1.54) is 6.07 Å². The Kier molecular flexibility index (Phi) is 4.19. The fraction of sp³-hybridized carbons (Fsp3) is 0.462. The number of carbonyl (C=O) groups excluding carboxylic acids is 1. The number of rotatable bonds is 2. The van der Waals surface area contributed by atoms with Gasteiger partial charge in [-0.3, -0.25) is 4.79 Å². The maximum absolute atomic E-state index is 13.4. The zero-order valence-corrected chi connectivity index (χ0v) is 10.9. The summed E-state index contributed by atoms with van der Waals surface area (Å²) in [5.74, 6) is -0.531. The first kappa shape index (κ1) is 13.3. The summed E-state index contributed by atoms with van der Waals surface area (Å²) in [6.45, 7) is 3.80. The number of amides is 1. The second-order valence-electron chi connectivity index (χ2n) is 4.31. The lowest BCUT2D eigenvalue weighted by Crippen LogP contribution is -2.42. The Bertz CT molecular complexity index is 447. The minimum atomic E-state index is -0.835. The Labute approximate surface area is 110 Å². The Morgan fingerprint density at radius 1 is 1.44 bits per heavy atom. The van der Waals surface area contributed by atoms with Gasteiger partial charge in [0.15, 0.2) is 0 Å². The molecule has 1 amide bonds. The first-order valence-electron chi connectivity index (χ1n) is 5.86. The minimum Gasteiger partial charge on any atom is -0.378 e. The van der Waals surface area contributed by atoms with E-state index in [0.717, 1.165) is 0 Å². The van der Waals surface area contributed by atoms with Crippen molar-refractivity contribution in [3.05, 3.63) is 35.1 Å². The van der Waals surface area contributed by atoms with E-state index in [1.807, 2.05) is 0 Å². The van der Waals surface area contributed by atoms with Crippen LogP contribution in [0.4, 0.5) is 4.39 Å². The Morgan fingerprint density at radius 3 is 2.72 bits per heavy atom. The predicted molar refractivity (Wildman–Crippen MR) is 67.1 cm³/mol. The number of morpholine rings is 1. The van der Waals surface area contributed by atoms with Crippen LogP contribution >= 0.6 is 11.6 Å². The number of alkyl halides is 1. The van der Waals surface area contributed by atoms with Crippen LogP contribution in [-0.2, 0) is 9.53 Å². The maximum Gasteiger partial charge on any atom is 0.245 e. The van der Waals surface area contributed by atoms with Crippen LogP contribution in [0.5, 0.6) is 0 Å². The lowest BCUT2D eigenvalue weighted by Gasteiger charge is -2.28. The molecule has 0 N–H and O–H groups in total. The van der Waals surface area contributed by atoms with Crippen molar-refractivity contribution in [1.29, 1.82) is 0 Å². The molecule has 1 atom stereocenters. The summed E-state index contributed by atoms with van der Waals surface area (Å²) >= 11 is 6.12. The van der Waals surface area contributed by atoms with E-state index < -0.39 is 5.38 Å². The summed E-state index contributed by atoms with van der Waals surface area (Å²) in [6.07, 6.45) is 0. The van der Waals surface area contributed by atoms with E-state index in [9.17, 15) is 9.18 Å². The largest absolute Gasteiger partial charge is 0.378 e. The van der Waals surface area contributed by atoms with Crippen molar-refractivity contribution < 1.29 is 13.9 Å². The topological polar surface area (TPSA) is 29.5 Å². The summed E-state index contributed by atoms with van der Waals surface area (Å²) in [4.78, 5) is 13.8. The van der Waals surface area contributed by atoms with Gasteiger partial charge in [-0.05, 0) is 24.1 Å². The highest BCUT2D eigenvalue weighted by Crippen LogP contribution is 2.25. The van der Waals surface area contributed by atoms with E-state index >= 15 is 0 Å². The van der Waals surface area contributed by atoms with Crippen LogP contribution < -0.4 is 0 Å². The molecule has 1 aliphatic heterocycles. The number of benzene rings is 1. The molecular formula is C13H15ClFNO2. The van der Waals surface area contributed by atoms with Crippen molar-refractivity contribution in [2.45, 2.75) is 12.3 Å². The smallest absolute Gasteiger partial charge is 0.245 e. The molecular weight excluding hydrogens is 257 g/mol. The van der Waals surface area contributed by atoms with Crippen LogP contribution in [0, 0.1) is 12.7 Å². The van der Waals surface area contributed by atoms with Gasteiger partial charge in [-0.1, -0.05) is 12.1 Å². The van der Waals surface area contributed by atoms with Crippen molar-refractivity contribution in [1.82, 2.24) is 4.90 Å². The van der Waals surface area contributed by atoms with Gasteiger partial charge in [-0.2, -0.15) is 0 Å². The second-order valence-corrected chi connectivity index (χ2v) is 4.75. The monoisotopic (exact) mass is 271 g/mol. The van der Waals surface area contributed by atoms with Crippen molar-refractivity contribution in [3.63, 3.8) is 0 Å². The van der Waals surface area contributed by atoms with Gasteiger partial charge in [0.2, 0.25) is 5.91 Å². The third-order valence-corrected chi connectivity index (χ3v) is 3.47. The highest BCUT2D eigenvalue weighted by atomic mass is 35.5. The highest BCUT2D eigenvalue weighted by molar-refractivity contribution is 6.30. The van der Waals surface area contributed by atoms with Crippen LogP contribution in [0.25, 0.3) is 0 Å². The molecule has 1 heterocycles. The second kappa shape index (κ2) is 5.67. The minimum absolute atomic E-state index is 0.191. The molecule has 0 saturated carbocycles. The molecule has 2 rings (SSSR count). The van der Waals surface area contributed by atoms with Crippen molar-refractivity contribution in [3.8, 4) is 0 Å². The first-order valence-corrected chi connectivity index (χ1v) is 6.30. The predicted octanol–water partition coefficient (Wildman–Crippen LogP) is 2.27. The number of hydrogen-bond donors (Lipinski definition) is 0. The van der Waals surface area contributed by atoms with Gasteiger partial charge < -0.3 is 9.64 Å². The average molecular weight is 272 g/mol. The van der Waals surface area contributed by atoms with Gasteiger partial charge in [0, 0.05) is 13.1 Å². The molecule has 3 nitrogen and oxygen atoms in total. The molecule has 1 fully saturated rings. The van der Waals surface area contributed by atoms with Crippen molar-refractivity contribution >= 4 is 17.5 Å². The Balaban J connectivity index is 2.11. The molecule has 18 heavy (non-hydrogen) atoms. The molecule has 1 unspecified atom stereocenters. The number of aryl methyl sites for hydroxylation is 1. The Morgan fingerprint density at radius 2 is 2.11 bits per heavy atom. The van der Waals surface area contributed by atoms with Gasteiger partial charge in [-0.15, -0.1) is 11.6 Å². The maximum atomic E-state index is 13.4. The number of halogens is 2. The molecule has 0 bridgehead atoms. The van der Waals surface area contributed by atoms with E-state index in [0.29, 0.717) is 37.4 Å². The van der Waals surface area contributed by atoms with Crippen molar-refractivity contribution in [2.75, 3.05) is 26.3 Å². The van der Waals surface area contributed by atoms with E-state index in [-0.39, 0.29) is 11.7 Å². The first-order chi connectivity index (χ1) is 8.59. The molecule has 1 aromatic carbocycles. The number of nitrogens with zero attached hydrogens (tertiary/aromatic N) is 1. The fourth-order valence-electron chi connectivity index (χ4n) is 1.85. The van der Waals surface area contributed by atoms with Gasteiger partial charge in [0.05, 0.1) is 13.2 Å². The van der Waals surface area contributed by atoms with E-state index in [2.05, 4.69) is 0 Å². The van der Waals surface area contributed by atoms with Gasteiger partial charge >= 0.3 is 0 Å². The van der Waals surface area contributed by atoms with Crippen molar-refractivity contribution in [2.24, 2.45) is 0 Å². The van der Waals surface area contributed by atoms with Gasteiger partial charge in [0.1, 0.15) is 11.2 Å². The van der Waals surface area contributed by atoms with Crippen LogP contribution in [0.15, 0.2) is 18.2 Å². The van der Waals surface area contributed by atoms with Crippen LogP contribution in [-0.4, -0.2) is 37.1 Å². The standard InChI is InChI=1S/C13H15ClFNO2/c1-9-2-3-10(8-11(9)15)12(14)13(17)16-4-6-18-7-5-16/h2-3,8,12H,4-7H2,1H3. The average Bonchev–Trinajstić information content (AvgIpc) is 2.41. The lowest BCUT2D eigenvalue weighted by atomic mass is 10.1. The zero-order chi connectivity index (χ0) is 13.1. The summed E-state index contributed by atoms with van der Waals surface area (Å²) in [5.41, 5.74) is 1.04. The SMILES string of the molecule is Cc1ccc(C(Cl)C(=O)N2CCOCC2)cc1F. The summed E-state index contributed by atoms with van der Waals surface area (Å²) in [6, 6.07) is 4.65. The molecule has 0 spiro atoms. The van der Waals surface area contributed by atoms with E-state index in [4.69, 9.17) is 16.3 Å². The van der Waals surface area contributed by atoms with Crippen LogP contribution in [0.2, 0.25) is 0 Å². The molecule has 1 aromatic rings. The molecule has 0 aromatic heterocycles. The summed E-state index contributed by atoms with van der Waals surface area (Å²) in [5, 5.41) is -0.835. The molecule has 0 aliphatic carbocycles. The third-order valence-electron chi connectivity index (χ3n) is 3.03. The molecule has 0 radical (unpaired) electrons. The van der Waals surface area contributed by atoms with E-state index in [1.54, 1.807) is 24.0 Å². The molecule has 1 aliphatic rings. The van der Waals surface area contributed by atoms with Gasteiger partial charge in [-0.25, -0.2) is 4.39 Å². The Hall–Kier alpha value is -1.13. The molecule has 5 heteroatoms. The van der Waals surface area contributed by atoms with Crippen LogP contribution in [0.1, 0.15) is 16.5 Å². The van der Waals surface area contributed by atoms with Crippen LogP contribution in [0.3, 0.4) is 0 Å². The molecule has 98 valence electrons. The highest BCUT2D eigenvalue weighted by Gasteiger charge is 2.25. The quantitative estimate of drug-likeness (QED) is 0.773. The number of carbonyl (C=O) groups is 1.